The number of nitrogens with zero attached hydrogens (tertiary/aromatic N) is 1. The van der Waals surface area contributed by atoms with E-state index in [-0.39, 0.29) is 0 Å². The summed E-state index contributed by atoms with van der Waals surface area (Å²) in [6, 6.07) is 14.6. The Labute approximate surface area is 126 Å². The zero-order valence-corrected chi connectivity index (χ0v) is 12.9. The Kier molecular flexibility index (Phi) is 3.70. The molecule has 0 atom stereocenters. The highest BCUT2D eigenvalue weighted by molar-refractivity contribution is 5.86. The molecule has 0 aliphatic heterocycles. The van der Waals surface area contributed by atoms with Gasteiger partial charge < -0.3 is 9.30 Å². The maximum atomic E-state index is 6.02. The average Bonchev–Trinajstić information content (AvgIpc) is 2.86. The van der Waals surface area contributed by atoms with E-state index in [1.807, 2.05) is 18.2 Å². The molecule has 21 heavy (non-hydrogen) atoms. The lowest BCUT2D eigenvalue weighted by atomic mass is 10.1. The van der Waals surface area contributed by atoms with Crippen molar-refractivity contribution in [3.63, 3.8) is 0 Å². The second-order valence-electron chi connectivity index (χ2n) is 5.47. The van der Waals surface area contributed by atoms with Crippen LogP contribution in [-0.4, -0.2) is 4.57 Å². The summed E-state index contributed by atoms with van der Waals surface area (Å²) in [4.78, 5) is 0. The molecule has 0 bridgehead atoms. The third-order valence-corrected chi connectivity index (χ3v) is 4.00. The van der Waals surface area contributed by atoms with Crippen LogP contribution in [0.5, 0.6) is 5.75 Å². The first-order chi connectivity index (χ1) is 10.2. The average molecular weight is 279 g/mol. The molecule has 1 aromatic heterocycles. The van der Waals surface area contributed by atoms with E-state index in [4.69, 9.17) is 4.74 Å². The van der Waals surface area contributed by atoms with E-state index in [2.05, 4.69) is 55.8 Å². The lowest BCUT2D eigenvalue weighted by Gasteiger charge is -2.08. The molecule has 108 valence electrons. The minimum absolute atomic E-state index is 0.609. The number of aromatic nitrogens is 1. The summed E-state index contributed by atoms with van der Waals surface area (Å²) in [6.07, 6.45) is 2.22. The van der Waals surface area contributed by atoms with Crippen LogP contribution in [0.3, 0.4) is 0 Å². The van der Waals surface area contributed by atoms with Crippen LogP contribution in [0, 0.1) is 13.8 Å². The zero-order chi connectivity index (χ0) is 14.8. The first-order valence-corrected chi connectivity index (χ1v) is 7.46. The molecule has 0 saturated heterocycles. The third-order valence-electron chi connectivity index (χ3n) is 4.00. The van der Waals surface area contributed by atoms with Crippen LogP contribution in [0.15, 0.2) is 48.7 Å². The molecule has 0 unspecified atom stereocenters. The lowest BCUT2D eigenvalue weighted by Crippen LogP contribution is -1.96. The molecular formula is C19H21NO. The minimum atomic E-state index is 0.609. The van der Waals surface area contributed by atoms with Crippen LogP contribution in [-0.2, 0) is 13.2 Å². The zero-order valence-electron chi connectivity index (χ0n) is 12.9. The van der Waals surface area contributed by atoms with E-state index < -0.39 is 0 Å². The smallest absolute Gasteiger partial charge is 0.122 e. The second kappa shape index (κ2) is 5.65. The van der Waals surface area contributed by atoms with Gasteiger partial charge in [0.15, 0.2) is 0 Å². The van der Waals surface area contributed by atoms with Gasteiger partial charge in [-0.1, -0.05) is 36.4 Å². The number of rotatable bonds is 4. The van der Waals surface area contributed by atoms with Gasteiger partial charge in [-0.25, -0.2) is 0 Å². The van der Waals surface area contributed by atoms with Gasteiger partial charge in [0.25, 0.3) is 0 Å². The number of hydrogen-bond acceptors (Lipinski definition) is 1. The van der Waals surface area contributed by atoms with E-state index in [1.54, 1.807) is 0 Å². The Morgan fingerprint density at radius 1 is 0.952 bits per heavy atom. The number of benzene rings is 2. The summed E-state index contributed by atoms with van der Waals surface area (Å²) in [5, 5.41) is 1.30. The van der Waals surface area contributed by atoms with E-state index in [0.717, 1.165) is 12.3 Å². The highest BCUT2D eigenvalue weighted by Crippen LogP contribution is 2.26. The molecule has 0 radical (unpaired) electrons. The predicted molar refractivity (Wildman–Crippen MR) is 87.9 cm³/mol. The van der Waals surface area contributed by atoms with E-state index in [1.165, 1.54) is 27.6 Å². The largest absolute Gasteiger partial charge is 0.489 e. The maximum Gasteiger partial charge on any atom is 0.122 e. The second-order valence-corrected chi connectivity index (χ2v) is 5.47. The van der Waals surface area contributed by atoms with Gasteiger partial charge in [-0.05, 0) is 38.0 Å². The summed E-state index contributed by atoms with van der Waals surface area (Å²) < 4.78 is 8.32. The predicted octanol–water partition coefficient (Wildman–Crippen LogP) is 4.86. The molecule has 2 aromatic carbocycles. The Bertz CT molecular complexity index is 770. The fourth-order valence-corrected chi connectivity index (χ4v) is 2.86. The first-order valence-electron chi connectivity index (χ1n) is 7.46. The molecular weight excluding hydrogens is 258 g/mol. The van der Waals surface area contributed by atoms with Gasteiger partial charge in [0.05, 0.1) is 5.52 Å². The molecule has 0 saturated carbocycles. The monoisotopic (exact) mass is 279 g/mol. The first kappa shape index (κ1) is 13.7. The molecule has 2 nitrogen and oxygen atoms in total. The van der Waals surface area contributed by atoms with Crippen molar-refractivity contribution in [2.24, 2.45) is 0 Å². The molecule has 0 aliphatic carbocycles. The molecule has 0 amide bonds. The van der Waals surface area contributed by atoms with Crippen LogP contribution in [0.1, 0.15) is 23.6 Å². The number of hydrogen-bond donors (Lipinski definition) is 0. The highest BCUT2D eigenvalue weighted by atomic mass is 16.5. The minimum Gasteiger partial charge on any atom is -0.489 e. The van der Waals surface area contributed by atoms with Crippen molar-refractivity contribution in [2.75, 3.05) is 0 Å². The van der Waals surface area contributed by atoms with Crippen molar-refractivity contribution >= 4 is 10.9 Å². The normalized spacial score (nSPS) is 11.0. The summed E-state index contributed by atoms with van der Waals surface area (Å²) in [6.45, 7) is 8.01. The van der Waals surface area contributed by atoms with Crippen molar-refractivity contribution in [3.8, 4) is 5.75 Å². The van der Waals surface area contributed by atoms with Crippen molar-refractivity contribution in [2.45, 2.75) is 33.9 Å². The van der Waals surface area contributed by atoms with Crippen LogP contribution in [0.2, 0.25) is 0 Å². The highest BCUT2D eigenvalue weighted by Gasteiger charge is 2.10. The Hall–Kier alpha value is -2.22. The van der Waals surface area contributed by atoms with Gasteiger partial charge in [-0.15, -0.1) is 0 Å². The number of para-hydroxylation sites is 2. The third kappa shape index (κ3) is 2.54. The van der Waals surface area contributed by atoms with Crippen LogP contribution in [0.4, 0.5) is 0 Å². The fourth-order valence-electron chi connectivity index (χ4n) is 2.86. The number of fused-ring (bicyclic) bond motifs is 1. The van der Waals surface area contributed by atoms with Crippen LogP contribution < -0.4 is 4.74 Å². The maximum absolute atomic E-state index is 6.02. The van der Waals surface area contributed by atoms with Gasteiger partial charge in [0, 0.05) is 23.7 Å². The Balaban J connectivity index is 1.95. The lowest BCUT2D eigenvalue weighted by molar-refractivity contribution is 0.305. The van der Waals surface area contributed by atoms with Gasteiger partial charge in [-0.3, -0.25) is 0 Å². The summed E-state index contributed by atoms with van der Waals surface area (Å²) in [5.41, 5.74) is 5.06. The van der Waals surface area contributed by atoms with E-state index in [0.29, 0.717) is 6.61 Å². The molecule has 0 N–H and O–H groups in total. The van der Waals surface area contributed by atoms with Gasteiger partial charge >= 0.3 is 0 Å². The van der Waals surface area contributed by atoms with Crippen LogP contribution >= 0.6 is 0 Å². The Morgan fingerprint density at radius 3 is 2.48 bits per heavy atom. The summed E-state index contributed by atoms with van der Waals surface area (Å²) in [7, 11) is 0. The summed E-state index contributed by atoms with van der Waals surface area (Å²) in [5.74, 6) is 0.961. The van der Waals surface area contributed by atoms with Crippen molar-refractivity contribution in [1.29, 1.82) is 0 Å². The molecule has 2 heteroatoms. The molecule has 3 rings (SSSR count). The van der Waals surface area contributed by atoms with Crippen molar-refractivity contribution in [1.82, 2.24) is 4.57 Å². The van der Waals surface area contributed by atoms with Crippen molar-refractivity contribution in [3.05, 3.63) is 65.4 Å². The molecule has 0 spiro atoms. The molecule has 0 aliphatic rings. The number of ether oxygens (including phenoxy) is 1. The fraction of sp³-hybridized carbons (Fsp3) is 0.263. The molecule has 1 heterocycles. The van der Waals surface area contributed by atoms with Crippen molar-refractivity contribution < 1.29 is 4.74 Å². The molecule has 0 fully saturated rings. The van der Waals surface area contributed by atoms with Crippen LogP contribution in [0.25, 0.3) is 10.9 Å². The van der Waals surface area contributed by atoms with Gasteiger partial charge in [0.2, 0.25) is 0 Å². The SMILES string of the molecule is CCn1cc(COc2ccccc2C)c2cccc(C)c21. The topological polar surface area (TPSA) is 14.2 Å². The summed E-state index contributed by atoms with van der Waals surface area (Å²) >= 11 is 0. The van der Waals surface area contributed by atoms with Gasteiger partial charge in [-0.2, -0.15) is 0 Å². The van der Waals surface area contributed by atoms with E-state index in [9.17, 15) is 0 Å². The molecule has 3 aromatic rings. The van der Waals surface area contributed by atoms with E-state index >= 15 is 0 Å². The Morgan fingerprint density at radius 2 is 1.71 bits per heavy atom. The quantitative estimate of drug-likeness (QED) is 0.665. The number of aryl methyl sites for hydroxylation is 3. The van der Waals surface area contributed by atoms with Gasteiger partial charge in [0.1, 0.15) is 12.4 Å². The standard InChI is InChI=1S/C19H21NO/c1-4-20-12-16(17-10-7-9-15(3)19(17)20)13-21-18-11-6-5-8-14(18)2/h5-12H,4,13H2,1-3H3.